The van der Waals surface area contributed by atoms with Gasteiger partial charge in [-0.15, -0.1) is 0 Å². The predicted molar refractivity (Wildman–Crippen MR) is 72.0 cm³/mol. The van der Waals surface area contributed by atoms with Crippen LogP contribution in [0.5, 0.6) is 0 Å². The summed E-state index contributed by atoms with van der Waals surface area (Å²) < 4.78 is 39.7. The van der Waals surface area contributed by atoms with Crippen LogP contribution in [-0.2, 0) is 10.0 Å². The van der Waals surface area contributed by atoms with Crippen LogP contribution in [-0.4, -0.2) is 30.7 Å². The van der Waals surface area contributed by atoms with Gasteiger partial charge in [0.1, 0.15) is 0 Å². The molecule has 20 heavy (non-hydrogen) atoms. The van der Waals surface area contributed by atoms with E-state index in [0.29, 0.717) is 18.8 Å². The van der Waals surface area contributed by atoms with Gasteiger partial charge < -0.3 is 5.11 Å². The highest BCUT2D eigenvalue weighted by molar-refractivity contribution is 7.89. The molecule has 2 rings (SSSR count). The highest BCUT2D eigenvalue weighted by Crippen LogP contribution is 2.31. The SMILES string of the molecule is CC1CCC(O)(CNS(=O)(=O)c2ncccc2F)CC1. The lowest BCUT2D eigenvalue weighted by molar-refractivity contribution is -0.00185. The van der Waals surface area contributed by atoms with Crippen LogP contribution in [0.3, 0.4) is 0 Å². The Kier molecular flexibility index (Phi) is 4.41. The van der Waals surface area contributed by atoms with Crippen LogP contribution in [0.2, 0.25) is 0 Å². The van der Waals surface area contributed by atoms with Gasteiger partial charge in [0.25, 0.3) is 10.0 Å². The summed E-state index contributed by atoms with van der Waals surface area (Å²) in [6.07, 6.45) is 4.02. The second kappa shape index (κ2) is 5.75. The van der Waals surface area contributed by atoms with Crippen molar-refractivity contribution in [3.63, 3.8) is 0 Å². The lowest BCUT2D eigenvalue weighted by Gasteiger charge is -2.34. The van der Waals surface area contributed by atoms with E-state index < -0.39 is 26.5 Å². The zero-order valence-corrected chi connectivity index (χ0v) is 12.2. The van der Waals surface area contributed by atoms with Crippen LogP contribution in [0.1, 0.15) is 32.6 Å². The van der Waals surface area contributed by atoms with E-state index in [0.717, 1.165) is 18.9 Å². The summed E-state index contributed by atoms with van der Waals surface area (Å²) >= 11 is 0. The Labute approximate surface area is 118 Å². The average molecular weight is 302 g/mol. The number of sulfonamides is 1. The zero-order valence-electron chi connectivity index (χ0n) is 11.3. The highest BCUT2D eigenvalue weighted by atomic mass is 32.2. The van der Waals surface area contributed by atoms with E-state index in [4.69, 9.17) is 0 Å². The van der Waals surface area contributed by atoms with E-state index in [1.807, 2.05) is 0 Å². The molecule has 0 amide bonds. The van der Waals surface area contributed by atoms with Gasteiger partial charge in [-0.05, 0) is 43.7 Å². The Morgan fingerprint density at radius 1 is 1.50 bits per heavy atom. The molecule has 1 aliphatic rings. The summed E-state index contributed by atoms with van der Waals surface area (Å²) in [7, 11) is -4.04. The number of aliphatic hydroxyl groups is 1. The van der Waals surface area contributed by atoms with Crippen molar-refractivity contribution in [3.05, 3.63) is 24.1 Å². The van der Waals surface area contributed by atoms with Gasteiger partial charge in [-0.3, -0.25) is 0 Å². The van der Waals surface area contributed by atoms with Gasteiger partial charge >= 0.3 is 0 Å². The molecule has 0 atom stereocenters. The summed E-state index contributed by atoms with van der Waals surface area (Å²) in [5.41, 5.74) is -1.05. The number of hydrogen-bond acceptors (Lipinski definition) is 4. The van der Waals surface area contributed by atoms with Crippen molar-refractivity contribution in [2.45, 2.75) is 43.2 Å². The average Bonchev–Trinajstić information content (AvgIpc) is 2.41. The maximum atomic E-state index is 13.5. The maximum Gasteiger partial charge on any atom is 0.261 e. The van der Waals surface area contributed by atoms with Crippen molar-refractivity contribution >= 4 is 10.0 Å². The van der Waals surface area contributed by atoms with Crippen LogP contribution in [0.15, 0.2) is 23.4 Å². The van der Waals surface area contributed by atoms with Gasteiger partial charge in [0.05, 0.1) is 5.60 Å². The largest absolute Gasteiger partial charge is 0.389 e. The minimum absolute atomic E-state index is 0.113. The van der Waals surface area contributed by atoms with Gasteiger partial charge in [-0.1, -0.05) is 6.92 Å². The first-order chi connectivity index (χ1) is 9.32. The Balaban J connectivity index is 2.05. The van der Waals surface area contributed by atoms with Crippen molar-refractivity contribution in [3.8, 4) is 0 Å². The molecular weight excluding hydrogens is 283 g/mol. The monoisotopic (exact) mass is 302 g/mol. The molecule has 0 radical (unpaired) electrons. The second-order valence-electron chi connectivity index (χ2n) is 5.52. The molecule has 1 aromatic rings. The quantitative estimate of drug-likeness (QED) is 0.882. The first kappa shape index (κ1) is 15.3. The number of pyridine rings is 1. The summed E-state index contributed by atoms with van der Waals surface area (Å²) in [6.45, 7) is 1.99. The predicted octanol–water partition coefficient (Wildman–Crippen LogP) is 1.44. The Hall–Kier alpha value is -1.05. The Morgan fingerprint density at radius 2 is 2.15 bits per heavy atom. The Morgan fingerprint density at radius 3 is 2.75 bits per heavy atom. The lowest BCUT2D eigenvalue weighted by Crippen LogP contribution is -2.45. The molecule has 0 bridgehead atoms. The molecule has 5 nitrogen and oxygen atoms in total. The van der Waals surface area contributed by atoms with Crippen LogP contribution in [0.4, 0.5) is 4.39 Å². The summed E-state index contributed by atoms with van der Waals surface area (Å²) in [6, 6.07) is 2.36. The number of nitrogens with one attached hydrogen (secondary N) is 1. The molecule has 0 spiro atoms. The Bertz CT molecular complexity index is 569. The second-order valence-corrected chi connectivity index (χ2v) is 7.20. The van der Waals surface area contributed by atoms with Gasteiger partial charge in [0, 0.05) is 12.7 Å². The maximum absolute atomic E-state index is 13.5. The molecular formula is C13H19FN2O3S. The number of aromatic nitrogens is 1. The standard InChI is InChI=1S/C13H19FN2O3S/c1-10-4-6-13(17,7-5-10)9-16-20(18,19)12-11(14)3-2-8-15-12/h2-3,8,10,16-17H,4-7,9H2,1H3. The third-order valence-corrected chi connectivity index (χ3v) is 5.11. The van der Waals surface area contributed by atoms with E-state index in [2.05, 4.69) is 16.6 Å². The van der Waals surface area contributed by atoms with Gasteiger partial charge in [0.15, 0.2) is 5.82 Å². The van der Waals surface area contributed by atoms with Crippen LogP contribution < -0.4 is 4.72 Å². The van der Waals surface area contributed by atoms with Gasteiger partial charge in [0.2, 0.25) is 5.03 Å². The van der Waals surface area contributed by atoms with E-state index in [9.17, 15) is 17.9 Å². The number of rotatable bonds is 4. The molecule has 1 heterocycles. The fourth-order valence-electron chi connectivity index (χ4n) is 2.34. The molecule has 1 fully saturated rings. The third-order valence-electron chi connectivity index (χ3n) is 3.78. The van der Waals surface area contributed by atoms with Crippen LogP contribution >= 0.6 is 0 Å². The minimum atomic E-state index is -4.04. The molecule has 1 aromatic heterocycles. The molecule has 0 saturated heterocycles. The number of halogens is 1. The van der Waals surface area contributed by atoms with Crippen molar-refractivity contribution in [2.75, 3.05) is 6.54 Å². The minimum Gasteiger partial charge on any atom is -0.389 e. The van der Waals surface area contributed by atoms with E-state index >= 15 is 0 Å². The number of hydrogen-bond donors (Lipinski definition) is 2. The molecule has 112 valence electrons. The molecule has 7 heteroatoms. The van der Waals surface area contributed by atoms with E-state index in [1.54, 1.807) is 0 Å². The first-order valence-electron chi connectivity index (χ1n) is 6.65. The van der Waals surface area contributed by atoms with E-state index in [-0.39, 0.29) is 6.54 Å². The first-order valence-corrected chi connectivity index (χ1v) is 8.13. The topological polar surface area (TPSA) is 79.3 Å². The molecule has 0 unspecified atom stereocenters. The van der Waals surface area contributed by atoms with Gasteiger partial charge in [-0.25, -0.2) is 22.5 Å². The fourth-order valence-corrected chi connectivity index (χ4v) is 3.46. The molecule has 0 aromatic carbocycles. The van der Waals surface area contributed by atoms with Crippen LogP contribution in [0.25, 0.3) is 0 Å². The summed E-state index contributed by atoms with van der Waals surface area (Å²) in [5, 5.41) is 9.70. The molecule has 2 N–H and O–H groups in total. The van der Waals surface area contributed by atoms with E-state index in [1.165, 1.54) is 12.3 Å². The molecule has 1 aliphatic carbocycles. The fraction of sp³-hybridized carbons (Fsp3) is 0.615. The van der Waals surface area contributed by atoms with Gasteiger partial charge in [-0.2, -0.15) is 0 Å². The normalized spacial score (nSPS) is 27.4. The smallest absolute Gasteiger partial charge is 0.261 e. The van der Waals surface area contributed by atoms with Crippen LogP contribution in [0, 0.1) is 11.7 Å². The zero-order chi connectivity index (χ0) is 14.8. The summed E-state index contributed by atoms with van der Waals surface area (Å²) in [5.74, 6) is -0.357. The van der Waals surface area contributed by atoms with Crippen molar-refractivity contribution in [2.24, 2.45) is 5.92 Å². The molecule has 1 saturated carbocycles. The van der Waals surface area contributed by atoms with Crippen molar-refractivity contribution in [1.29, 1.82) is 0 Å². The summed E-state index contributed by atoms with van der Waals surface area (Å²) in [4.78, 5) is 3.54. The lowest BCUT2D eigenvalue weighted by atomic mass is 9.80. The highest BCUT2D eigenvalue weighted by Gasteiger charge is 2.33. The molecule has 0 aliphatic heterocycles. The van der Waals surface area contributed by atoms with Crippen molar-refractivity contribution in [1.82, 2.24) is 9.71 Å². The van der Waals surface area contributed by atoms with Crippen molar-refractivity contribution < 1.29 is 17.9 Å². The third kappa shape index (κ3) is 3.53. The number of nitrogens with zero attached hydrogens (tertiary/aromatic N) is 1.